The molecule has 0 atom stereocenters. The zero-order chi connectivity index (χ0) is 14.6. The smallest absolute Gasteiger partial charge is 0.230 e. The zero-order valence-electron chi connectivity index (χ0n) is 13.3. The van der Waals surface area contributed by atoms with Gasteiger partial charge in [0.1, 0.15) is 0 Å². The highest BCUT2D eigenvalue weighted by atomic mass is 16.5. The number of methoxy groups -OCH3 is 1. The number of hydrogen-bond acceptors (Lipinski definition) is 3. The number of likely N-dealkylation sites (tertiary alicyclic amines) is 1. The Bertz CT molecular complexity index is 335. The van der Waals surface area contributed by atoms with Crippen LogP contribution in [-0.4, -0.2) is 50.7 Å². The Morgan fingerprint density at radius 2 is 1.90 bits per heavy atom. The van der Waals surface area contributed by atoms with Gasteiger partial charge in [-0.05, 0) is 64.5 Å². The summed E-state index contributed by atoms with van der Waals surface area (Å²) in [6, 6.07) is 0. The van der Waals surface area contributed by atoms with Crippen molar-refractivity contribution >= 4 is 5.91 Å². The number of ether oxygens (including phenoxy) is 1. The van der Waals surface area contributed by atoms with Gasteiger partial charge in [0.15, 0.2) is 0 Å². The molecule has 2 aliphatic rings. The molecule has 1 spiro atoms. The van der Waals surface area contributed by atoms with Gasteiger partial charge in [0.05, 0.1) is 12.0 Å². The quantitative estimate of drug-likeness (QED) is 0.861. The second-order valence-corrected chi connectivity index (χ2v) is 7.21. The monoisotopic (exact) mass is 282 g/mol. The first-order valence-electron chi connectivity index (χ1n) is 7.98. The van der Waals surface area contributed by atoms with Crippen LogP contribution in [-0.2, 0) is 9.53 Å². The summed E-state index contributed by atoms with van der Waals surface area (Å²) in [5.74, 6) is 0.255. The summed E-state index contributed by atoms with van der Waals surface area (Å²) in [5.41, 5.74) is 0.0893. The molecule has 0 aromatic heterocycles. The summed E-state index contributed by atoms with van der Waals surface area (Å²) in [6.07, 6.45) is 6.15. The van der Waals surface area contributed by atoms with E-state index < -0.39 is 5.41 Å². The number of nitrogens with zero attached hydrogens (tertiary/aromatic N) is 1. The van der Waals surface area contributed by atoms with Gasteiger partial charge in [-0.1, -0.05) is 0 Å². The molecular formula is C16H30N2O2. The third kappa shape index (κ3) is 3.53. The Balaban J connectivity index is 1.97. The molecule has 0 aromatic rings. The van der Waals surface area contributed by atoms with E-state index in [1.165, 1.54) is 25.7 Å². The van der Waals surface area contributed by atoms with Crippen LogP contribution in [0, 0.1) is 10.8 Å². The third-order valence-electron chi connectivity index (χ3n) is 5.08. The van der Waals surface area contributed by atoms with Crippen molar-refractivity contribution in [2.75, 3.05) is 39.9 Å². The predicted molar refractivity (Wildman–Crippen MR) is 80.6 cm³/mol. The molecule has 1 amide bonds. The van der Waals surface area contributed by atoms with Crippen LogP contribution in [0.25, 0.3) is 0 Å². The number of carbonyl (C=O) groups is 1. The molecule has 20 heavy (non-hydrogen) atoms. The Hall–Kier alpha value is -0.610. The maximum atomic E-state index is 12.7. The fourth-order valence-electron chi connectivity index (χ4n) is 3.76. The van der Waals surface area contributed by atoms with E-state index >= 15 is 0 Å². The van der Waals surface area contributed by atoms with Crippen molar-refractivity contribution in [1.82, 2.24) is 10.2 Å². The molecule has 1 N–H and O–H groups in total. The SMILES string of the molecule is COCC(C)(C)C(=O)N1CCCC2(CCNCC2)CC1. The van der Waals surface area contributed by atoms with Crippen molar-refractivity contribution in [2.45, 2.75) is 46.0 Å². The van der Waals surface area contributed by atoms with Gasteiger partial charge >= 0.3 is 0 Å². The first-order valence-corrected chi connectivity index (χ1v) is 7.98. The van der Waals surface area contributed by atoms with E-state index in [1.807, 2.05) is 13.8 Å². The molecule has 0 saturated carbocycles. The lowest BCUT2D eigenvalue weighted by atomic mass is 9.73. The zero-order valence-corrected chi connectivity index (χ0v) is 13.3. The number of hydrogen-bond donors (Lipinski definition) is 1. The molecule has 0 bridgehead atoms. The van der Waals surface area contributed by atoms with Crippen LogP contribution in [0.3, 0.4) is 0 Å². The van der Waals surface area contributed by atoms with E-state index in [0.717, 1.165) is 32.6 Å². The van der Waals surface area contributed by atoms with Crippen LogP contribution in [0.4, 0.5) is 0 Å². The van der Waals surface area contributed by atoms with Gasteiger partial charge in [-0.3, -0.25) is 4.79 Å². The van der Waals surface area contributed by atoms with Crippen molar-refractivity contribution in [2.24, 2.45) is 10.8 Å². The lowest BCUT2D eigenvalue weighted by molar-refractivity contribution is -0.143. The van der Waals surface area contributed by atoms with Crippen molar-refractivity contribution in [3.05, 3.63) is 0 Å². The minimum Gasteiger partial charge on any atom is -0.384 e. The number of nitrogens with one attached hydrogen (secondary N) is 1. The molecule has 116 valence electrons. The minimum atomic E-state index is -0.402. The second kappa shape index (κ2) is 6.44. The van der Waals surface area contributed by atoms with E-state index in [9.17, 15) is 4.79 Å². The summed E-state index contributed by atoms with van der Waals surface area (Å²) in [7, 11) is 1.67. The normalized spacial score (nSPS) is 23.6. The number of piperidine rings is 1. The number of rotatable bonds is 3. The van der Waals surface area contributed by atoms with Crippen LogP contribution < -0.4 is 5.32 Å². The van der Waals surface area contributed by atoms with Gasteiger partial charge in [0.2, 0.25) is 5.91 Å². The third-order valence-corrected chi connectivity index (χ3v) is 5.08. The van der Waals surface area contributed by atoms with Crippen LogP contribution in [0.2, 0.25) is 0 Å². The van der Waals surface area contributed by atoms with Crippen molar-refractivity contribution in [3.63, 3.8) is 0 Å². The van der Waals surface area contributed by atoms with E-state index in [2.05, 4.69) is 10.2 Å². The predicted octanol–water partition coefficient (Wildman–Crippen LogP) is 2.04. The Morgan fingerprint density at radius 3 is 2.55 bits per heavy atom. The highest BCUT2D eigenvalue weighted by Crippen LogP contribution is 2.40. The minimum absolute atomic E-state index is 0.255. The standard InChI is InChI=1S/C16H30N2O2/c1-15(2,13-20-3)14(19)18-11-4-5-16(8-12-18)6-9-17-10-7-16/h17H,4-13H2,1-3H3. The highest BCUT2D eigenvalue weighted by molar-refractivity contribution is 5.82. The molecule has 0 aromatic carbocycles. The van der Waals surface area contributed by atoms with Gasteiger partial charge in [0, 0.05) is 20.2 Å². The van der Waals surface area contributed by atoms with Gasteiger partial charge in [-0.2, -0.15) is 0 Å². The van der Waals surface area contributed by atoms with Gasteiger partial charge in [-0.25, -0.2) is 0 Å². The Labute approximate surface area is 123 Å². The molecule has 2 heterocycles. The van der Waals surface area contributed by atoms with E-state index in [4.69, 9.17) is 4.74 Å². The summed E-state index contributed by atoms with van der Waals surface area (Å²) in [6.45, 7) is 8.60. The average molecular weight is 282 g/mol. The number of carbonyl (C=O) groups excluding carboxylic acids is 1. The Kier molecular flexibility index (Phi) is 5.08. The van der Waals surface area contributed by atoms with E-state index in [-0.39, 0.29) is 5.91 Å². The van der Waals surface area contributed by atoms with Gasteiger partial charge < -0.3 is 15.0 Å². The largest absolute Gasteiger partial charge is 0.384 e. The summed E-state index contributed by atoms with van der Waals surface area (Å²) in [5, 5.41) is 3.45. The molecule has 0 aliphatic carbocycles. The maximum Gasteiger partial charge on any atom is 0.230 e. The molecule has 2 fully saturated rings. The molecule has 0 radical (unpaired) electrons. The van der Waals surface area contributed by atoms with Crippen molar-refractivity contribution in [3.8, 4) is 0 Å². The summed E-state index contributed by atoms with van der Waals surface area (Å²) < 4.78 is 5.20. The van der Waals surface area contributed by atoms with Gasteiger partial charge in [0.25, 0.3) is 0 Å². The fraction of sp³-hybridized carbons (Fsp3) is 0.938. The van der Waals surface area contributed by atoms with Crippen molar-refractivity contribution < 1.29 is 9.53 Å². The lowest BCUT2D eigenvalue weighted by Gasteiger charge is -2.37. The van der Waals surface area contributed by atoms with Crippen LogP contribution >= 0.6 is 0 Å². The molecule has 2 saturated heterocycles. The van der Waals surface area contributed by atoms with E-state index in [0.29, 0.717) is 12.0 Å². The van der Waals surface area contributed by atoms with Crippen LogP contribution in [0.1, 0.15) is 46.0 Å². The average Bonchev–Trinajstić information content (AvgIpc) is 2.62. The summed E-state index contributed by atoms with van der Waals surface area (Å²) in [4.78, 5) is 14.7. The topological polar surface area (TPSA) is 41.6 Å². The maximum absolute atomic E-state index is 12.7. The summed E-state index contributed by atoms with van der Waals surface area (Å²) >= 11 is 0. The van der Waals surface area contributed by atoms with Crippen molar-refractivity contribution in [1.29, 1.82) is 0 Å². The molecule has 0 unspecified atom stereocenters. The second-order valence-electron chi connectivity index (χ2n) is 7.21. The van der Waals surface area contributed by atoms with Crippen LogP contribution in [0.15, 0.2) is 0 Å². The lowest BCUT2D eigenvalue weighted by Crippen LogP contribution is -2.44. The fourth-order valence-corrected chi connectivity index (χ4v) is 3.76. The first kappa shape index (κ1) is 15.8. The van der Waals surface area contributed by atoms with Gasteiger partial charge in [-0.15, -0.1) is 0 Å². The highest BCUT2D eigenvalue weighted by Gasteiger charge is 2.37. The molecule has 4 nitrogen and oxygen atoms in total. The molecule has 2 aliphatic heterocycles. The molecular weight excluding hydrogens is 252 g/mol. The van der Waals surface area contributed by atoms with Crippen LogP contribution in [0.5, 0.6) is 0 Å². The molecule has 2 rings (SSSR count). The first-order chi connectivity index (χ1) is 9.49. The van der Waals surface area contributed by atoms with E-state index in [1.54, 1.807) is 7.11 Å². The Morgan fingerprint density at radius 1 is 1.20 bits per heavy atom. The molecule has 4 heteroatoms. The number of amides is 1.